The average Bonchev–Trinajstić information content (AvgIpc) is 2.73. The van der Waals surface area contributed by atoms with Crippen LogP contribution < -0.4 is 5.32 Å². The van der Waals surface area contributed by atoms with Crippen LogP contribution >= 0.6 is 15.9 Å². The second-order valence-electron chi connectivity index (χ2n) is 6.42. The van der Waals surface area contributed by atoms with Crippen LogP contribution in [0.1, 0.15) is 10.4 Å². The highest BCUT2D eigenvalue weighted by atomic mass is 79.9. The van der Waals surface area contributed by atoms with Crippen molar-refractivity contribution >= 4 is 43.5 Å². The molecule has 0 spiro atoms. The lowest BCUT2D eigenvalue weighted by molar-refractivity contribution is -0.111. The van der Waals surface area contributed by atoms with Crippen LogP contribution in [0.25, 0.3) is 0 Å². The first-order valence-electron chi connectivity index (χ1n) is 8.90. The number of carbonyl (C=O) groups excluding carboxylic acids is 2. The molecule has 0 aromatic heterocycles. The molecule has 0 unspecified atom stereocenters. The lowest BCUT2D eigenvalue weighted by Crippen LogP contribution is -2.50. The van der Waals surface area contributed by atoms with Gasteiger partial charge in [-0.2, -0.15) is 4.31 Å². The van der Waals surface area contributed by atoms with E-state index >= 15 is 0 Å². The number of hydrogen-bond donors (Lipinski definition) is 1. The SMILES string of the molecule is C=CC(=O)Nc1cccc(C(=O)N2CCN(S(=O)(=O)c3ccc(Br)cc3)CC2)c1. The van der Waals surface area contributed by atoms with Gasteiger partial charge in [0.25, 0.3) is 5.91 Å². The van der Waals surface area contributed by atoms with E-state index in [0.29, 0.717) is 11.3 Å². The Labute approximate surface area is 178 Å². The van der Waals surface area contributed by atoms with E-state index < -0.39 is 10.0 Å². The number of carbonyl (C=O) groups is 2. The van der Waals surface area contributed by atoms with Gasteiger partial charge in [0.1, 0.15) is 0 Å². The molecule has 1 heterocycles. The molecule has 0 atom stereocenters. The second-order valence-corrected chi connectivity index (χ2v) is 9.28. The zero-order valence-corrected chi connectivity index (χ0v) is 17.9. The van der Waals surface area contributed by atoms with Crippen molar-refractivity contribution in [2.45, 2.75) is 4.90 Å². The largest absolute Gasteiger partial charge is 0.336 e. The molecule has 7 nitrogen and oxygen atoms in total. The van der Waals surface area contributed by atoms with Crippen LogP contribution in [-0.4, -0.2) is 55.6 Å². The Balaban J connectivity index is 1.67. The van der Waals surface area contributed by atoms with Gasteiger partial charge in [0, 0.05) is 41.9 Å². The molecule has 1 aliphatic heterocycles. The van der Waals surface area contributed by atoms with Crippen molar-refractivity contribution in [3.05, 3.63) is 71.2 Å². The fraction of sp³-hybridized carbons (Fsp3) is 0.200. The van der Waals surface area contributed by atoms with Crippen molar-refractivity contribution in [2.24, 2.45) is 0 Å². The summed E-state index contributed by atoms with van der Waals surface area (Å²) < 4.78 is 27.8. The Morgan fingerprint density at radius 1 is 1.03 bits per heavy atom. The molecule has 152 valence electrons. The number of piperazine rings is 1. The molecule has 2 amide bonds. The Kier molecular flexibility index (Phi) is 6.51. The topological polar surface area (TPSA) is 86.8 Å². The summed E-state index contributed by atoms with van der Waals surface area (Å²) in [5.74, 6) is -0.568. The highest BCUT2D eigenvalue weighted by Gasteiger charge is 2.30. The number of halogens is 1. The van der Waals surface area contributed by atoms with Gasteiger partial charge in [-0.1, -0.05) is 28.6 Å². The molecule has 2 aromatic rings. The molecular weight excluding hydrogens is 458 g/mol. The number of nitrogens with one attached hydrogen (secondary N) is 1. The summed E-state index contributed by atoms with van der Waals surface area (Å²) in [7, 11) is -3.60. The van der Waals surface area contributed by atoms with Crippen molar-refractivity contribution in [3.63, 3.8) is 0 Å². The fourth-order valence-electron chi connectivity index (χ4n) is 2.99. The molecule has 1 N–H and O–H groups in total. The minimum atomic E-state index is -3.60. The Bertz CT molecular complexity index is 1030. The third-order valence-electron chi connectivity index (χ3n) is 4.54. The third kappa shape index (κ3) is 4.92. The average molecular weight is 478 g/mol. The summed E-state index contributed by atoms with van der Waals surface area (Å²) in [6.45, 7) is 4.42. The molecule has 0 radical (unpaired) electrons. The minimum Gasteiger partial charge on any atom is -0.336 e. The van der Waals surface area contributed by atoms with Gasteiger partial charge in [0.15, 0.2) is 0 Å². The number of nitrogens with zero attached hydrogens (tertiary/aromatic N) is 2. The van der Waals surface area contributed by atoms with E-state index in [4.69, 9.17) is 0 Å². The van der Waals surface area contributed by atoms with Crippen LogP contribution in [0.3, 0.4) is 0 Å². The van der Waals surface area contributed by atoms with Gasteiger partial charge in [-0.15, -0.1) is 0 Å². The van der Waals surface area contributed by atoms with Crippen LogP contribution in [0, 0.1) is 0 Å². The maximum absolute atomic E-state index is 12.8. The van der Waals surface area contributed by atoms with Crippen LogP contribution in [0.2, 0.25) is 0 Å². The zero-order valence-electron chi connectivity index (χ0n) is 15.5. The lowest BCUT2D eigenvalue weighted by atomic mass is 10.1. The highest BCUT2D eigenvalue weighted by molar-refractivity contribution is 9.10. The summed E-state index contributed by atoms with van der Waals surface area (Å²) >= 11 is 3.30. The molecule has 1 aliphatic rings. The van der Waals surface area contributed by atoms with Crippen molar-refractivity contribution in [1.82, 2.24) is 9.21 Å². The summed E-state index contributed by atoms with van der Waals surface area (Å²) in [5.41, 5.74) is 0.924. The Morgan fingerprint density at radius 2 is 1.69 bits per heavy atom. The summed E-state index contributed by atoms with van der Waals surface area (Å²) in [5, 5.41) is 2.62. The molecule has 2 aromatic carbocycles. The predicted octanol–water partition coefficient (Wildman–Crippen LogP) is 2.72. The number of amides is 2. The van der Waals surface area contributed by atoms with Gasteiger partial charge in [-0.25, -0.2) is 8.42 Å². The van der Waals surface area contributed by atoms with Crippen LogP contribution in [0.15, 0.2) is 70.6 Å². The minimum absolute atomic E-state index is 0.208. The number of hydrogen-bond acceptors (Lipinski definition) is 4. The quantitative estimate of drug-likeness (QED) is 0.670. The van der Waals surface area contributed by atoms with E-state index in [0.717, 1.165) is 10.5 Å². The smallest absolute Gasteiger partial charge is 0.254 e. The first-order chi connectivity index (χ1) is 13.8. The molecule has 1 fully saturated rings. The Hall–Kier alpha value is -2.49. The van der Waals surface area contributed by atoms with Gasteiger partial charge < -0.3 is 10.2 Å². The molecule has 9 heteroatoms. The molecular formula is C20H20BrN3O4S. The number of anilines is 1. The normalized spacial score (nSPS) is 15.0. The number of benzene rings is 2. The van der Waals surface area contributed by atoms with Crippen LogP contribution in [0.4, 0.5) is 5.69 Å². The first-order valence-corrected chi connectivity index (χ1v) is 11.1. The lowest BCUT2D eigenvalue weighted by Gasteiger charge is -2.34. The highest BCUT2D eigenvalue weighted by Crippen LogP contribution is 2.21. The molecule has 0 bridgehead atoms. The molecule has 1 saturated heterocycles. The first kappa shape index (κ1) is 21.2. The zero-order chi connectivity index (χ0) is 21.0. The van der Waals surface area contributed by atoms with Crippen molar-refractivity contribution in [2.75, 3.05) is 31.5 Å². The van der Waals surface area contributed by atoms with Gasteiger partial charge >= 0.3 is 0 Å². The van der Waals surface area contributed by atoms with Gasteiger partial charge in [-0.3, -0.25) is 9.59 Å². The summed E-state index contributed by atoms with van der Waals surface area (Å²) in [6.07, 6.45) is 1.15. The molecule has 29 heavy (non-hydrogen) atoms. The summed E-state index contributed by atoms with van der Waals surface area (Å²) in [6, 6.07) is 13.1. The van der Waals surface area contributed by atoms with Crippen molar-refractivity contribution in [1.29, 1.82) is 0 Å². The molecule has 0 saturated carbocycles. The van der Waals surface area contributed by atoms with Crippen molar-refractivity contribution < 1.29 is 18.0 Å². The van der Waals surface area contributed by atoms with Gasteiger partial charge in [0.2, 0.25) is 15.9 Å². The standard InChI is InChI=1S/C20H20BrN3O4S/c1-2-19(25)22-17-5-3-4-15(14-17)20(26)23-10-12-24(13-11-23)29(27,28)18-8-6-16(21)7-9-18/h2-9,14H,1,10-13H2,(H,22,25). The van der Waals surface area contributed by atoms with E-state index in [-0.39, 0.29) is 42.9 Å². The fourth-order valence-corrected chi connectivity index (χ4v) is 4.68. The van der Waals surface area contributed by atoms with E-state index in [1.807, 2.05) is 0 Å². The van der Waals surface area contributed by atoms with E-state index in [9.17, 15) is 18.0 Å². The molecule has 0 aliphatic carbocycles. The van der Waals surface area contributed by atoms with Gasteiger partial charge in [0.05, 0.1) is 4.90 Å². The number of sulfonamides is 1. The van der Waals surface area contributed by atoms with E-state index in [1.54, 1.807) is 53.4 Å². The van der Waals surface area contributed by atoms with Crippen LogP contribution in [-0.2, 0) is 14.8 Å². The van der Waals surface area contributed by atoms with Crippen molar-refractivity contribution in [3.8, 4) is 0 Å². The maximum Gasteiger partial charge on any atom is 0.254 e. The Morgan fingerprint density at radius 3 is 2.31 bits per heavy atom. The maximum atomic E-state index is 12.8. The molecule has 3 rings (SSSR count). The van der Waals surface area contributed by atoms with E-state index in [1.165, 1.54) is 4.31 Å². The van der Waals surface area contributed by atoms with E-state index in [2.05, 4.69) is 27.8 Å². The van der Waals surface area contributed by atoms with Crippen LogP contribution in [0.5, 0.6) is 0 Å². The van der Waals surface area contributed by atoms with Gasteiger partial charge in [-0.05, 0) is 48.5 Å². The third-order valence-corrected chi connectivity index (χ3v) is 6.98. The predicted molar refractivity (Wildman–Crippen MR) is 114 cm³/mol. The summed E-state index contributed by atoms with van der Waals surface area (Å²) in [4.78, 5) is 26.1. The number of rotatable bonds is 5. The monoisotopic (exact) mass is 477 g/mol. The second kappa shape index (κ2) is 8.89.